The van der Waals surface area contributed by atoms with Crippen LogP contribution in [0.5, 0.6) is 0 Å². The lowest BCUT2D eigenvalue weighted by molar-refractivity contribution is 0.0773. The number of thiophene rings is 1. The van der Waals surface area contributed by atoms with Crippen LogP contribution in [0.2, 0.25) is 0 Å². The molecule has 2 aromatic heterocycles. The van der Waals surface area contributed by atoms with Gasteiger partial charge in [0.05, 0.1) is 17.1 Å². The van der Waals surface area contributed by atoms with Crippen molar-refractivity contribution < 1.29 is 14.0 Å². The SMILES string of the molecule is CCN(CC)C(=O)c1ccc(NC(=O)c2cc3c(C)nn(Cc4ccc(F)cc4)c3s2)cc1. The molecule has 4 aromatic rings. The van der Waals surface area contributed by atoms with E-state index in [0.29, 0.717) is 35.8 Å². The highest BCUT2D eigenvalue weighted by Gasteiger charge is 2.17. The molecule has 0 aliphatic rings. The summed E-state index contributed by atoms with van der Waals surface area (Å²) in [5, 5.41) is 8.40. The molecule has 8 heteroatoms. The Morgan fingerprint density at radius 2 is 1.73 bits per heavy atom. The maximum atomic E-state index is 13.2. The maximum absolute atomic E-state index is 13.2. The summed E-state index contributed by atoms with van der Waals surface area (Å²) in [7, 11) is 0. The number of nitrogens with one attached hydrogen (secondary N) is 1. The summed E-state index contributed by atoms with van der Waals surface area (Å²) >= 11 is 1.37. The molecule has 0 fully saturated rings. The number of carbonyl (C=O) groups is 2. The van der Waals surface area contributed by atoms with Gasteiger partial charge in [0.2, 0.25) is 0 Å². The Hall–Kier alpha value is -3.52. The summed E-state index contributed by atoms with van der Waals surface area (Å²) in [5.41, 5.74) is 2.98. The summed E-state index contributed by atoms with van der Waals surface area (Å²) < 4.78 is 15.0. The second-order valence-corrected chi connectivity index (χ2v) is 8.74. The molecule has 6 nitrogen and oxygen atoms in total. The number of aryl methyl sites for hydroxylation is 1. The van der Waals surface area contributed by atoms with E-state index in [1.165, 1.54) is 23.5 Å². The van der Waals surface area contributed by atoms with Crippen LogP contribution in [0.25, 0.3) is 10.2 Å². The fourth-order valence-corrected chi connectivity index (χ4v) is 4.73. The van der Waals surface area contributed by atoms with Gasteiger partial charge in [-0.2, -0.15) is 5.10 Å². The van der Waals surface area contributed by atoms with Gasteiger partial charge in [-0.15, -0.1) is 11.3 Å². The number of hydrogen-bond acceptors (Lipinski definition) is 4. The number of fused-ring (bicyclic) bond motifs is 1. The van der Waals surface area contributed by atoms with Gasteiger partial charge in [0, 0.05) is 29.7 Å². The fourth-order valence-electron chi connectivity index (χ4n) is 3.68. The average molecular weight is 465 g/mol. The number of carbonyl (C=O) groups excluding carboxylic acids is 2. The van der Waals surface area contributed by atoms with Gasteiger partial charge >= 0.3 is 0 Å². The van der Waals surface area contributed by atoms with Crippen molar-refractivity contribution in [1.82, 2.24) is 14.7 Å². The predicted octanol–water partition coefficient (Wildman–Crippen LogP) is 5.33. The highest BCUT2D eigenvalue weighted by atomic mass is 32.1. The summed E-state index contributed by atoms with van der Waals surface area (Å²) in [6, 6.07) is 15.1. The molecule has 2 aromatic carbocycles. The zero-order chi connectivity index (χ0) is 23.5. The minimum atomic E-state index is -0.277. The van der Waals surface area contributed by atoms with Crippen molar-refractivity contribution in [2.75, 3.05) is 18.4 Å². The van der Waals surface area contributed by atoms with E-state index < -0.39 is 0 Å². The van der Waals surface area contributed by atoms with Gasteiger partial charge in [-0.3, -0.25) is 14.3 Å². The fraction of sp³-hybridized carbons (Fsp3) is 0.240. The first-order chi connectivity index (χ1) is 15.9. The second-order valence-electron chi connectivity index (χ2n) is 7.71. The Bertz CT molecular complexity index is 1290. The molecule has 0 aliphatic carbocycles. The van der Waals surface area contributed by atoms with Crippen LogP contribution in [0.1, 0.15) is 45.1 Å². The van der Waals surface area contributed by atoms with Crippen molar-refractivity contribution in [1.29, 1.82) is 0 Å². The Morgan fingerprint density at radius 1 is 1.06 bits per heavy atom. The monoisotopic (exact) mass is 464 g/mol. The molecule has 0 spiro atoms. The smallest absolute Gasteiger partial charge is 0.265 e. The van der Waals surface area contributed by atoms with Crippen molar-refractivity contribution in [3.8, 4) is 0 Å². The number of benzene rings is 2. The molecule has 0 saturated heterocycles. The minimum Gasteiger partial charge on any atom is -0.339 e. The average Bonchev–Trinajstić information content (AvgIpc) is 3.38. The van der Waals surface area contributed by atoms with E-state index in [1.54, 1.807) is 41.3 Å². The topological polar surface area (TPSA) is 67.2 Å². The number of hydrogen-bond donors (Lipinski definition) is 1. The van der Waals surface area contributed by atoms with E-state index in [0.717, 1.165) is 21.5 Å². The number of nitrogens with zero attached hydrogens (tertiary/aromatic N) is 3. The van der Waals surface area contributed by atoms with Crippen molar-refractivity contribution in [3.63, 3.8) is 0 Å². The van der Waals surface area contributed by atoms with E-state index in [4.69, 9.17) is 0 Å². The molecule has 0 atom stereocenters. The molecule has 33 heavy (non-hydrogen) atoms. The van der Waals surface area contributed by atoms with Gasteiger partial charge < -0.3 is 10.2 Å². The summed E-state index contributed by atoms with van der Waals surface area (Å²) in [4.78, 5) is 28.5. The van der Waals surface area contributed by atoms with Gasteiger partial charge in [0.25, 0.3) is 11.8 Å². The van der Waals surface area contributed by atoms with Gasteiger partial charge in [0.1, 0.15) is 10.6 Å². The lowest BCUT2D eigenvalue weighted by Crippen LogP contribution is -2.30. The van der Waals surface area contributed by atoms with Crippen LogP contribution in [0.4, 0.5) is 10.1 Å². The van der Waals surface area contributed by atoms with Gasteiger partial charge in [0.15, 0.2) is 0 Å². The normalized spacial score (nSPS) is 11.0. The number of amides is 2. The molecule has 2 amide bonds. The number of anilines is 1. The van der Waals surface area contributed by atoms with Crippen LogP contribution in [0.3, 0.4) is 0 Å². The van der Waals surface area contributed by atoms with Crippen molar-refractivity contribution in [3.05, 3.63) is 82.1 Å². The van der Waals surface area contributed by atoms with Crippen LogP contribution in [-0.4, -0.2) is 39.6 Å². The van der Waals surface area contributed by atoms with Crippen molar-refractivity contribution in [2.24, 2.45) is 0 Å². The standard InChI is InChI=1S/C25H25FN4O2S/c1-4-29(5-2)24(32)18-8-12-20(13-9-18)27-23(31)22-14-21-16(3)28-30(25(21)33-22)15-17-6-10-19(26)11-7-17/h6-14H,4-5,15H2,1-3H3,(H,27,31). The number of rotatable bonds is 7. The summed E-state index contributed by atoms with van der Waals surface area (Å²) in [6.07, 6.45) is 0. The number of halogens is 1. The van der Waals surface area contributed by atoms with Crippen molar-refractivity contribution in [2.45, 2.75) is 27.3 Å². The van der Waals surface area contributed by atoms with Crippen LogP contribution in [-0.2, 0) is 6.54 Å². The molecule has 2 heterocycles. The van der Waals surface area contributed by atoms with Crippen molar-refractivity contribution >= 4 is 39.1 Å². The molecule has 1 N–H and O–H groups in total. The zero-order valence-corrected chi connectivity index (χ0v) is 19.6. The Morgan fingerprint density at radius 3 is 2.36 bits per heavy atom. The van der Waals surface area contributed by atoms with E-state index in [2.05, 4.69) is 10.4 Å². The Labute approximate surface area is 195 Å². The third-order valence-electron chi connectivity index (χ3n) is 5.52. The van der Waals surface area contributed by atoms with E-state index in [-0.39, 0.29) is 17.6 Å². The van der Waals surface area contributed by atoms with Crippen LogP contribution in [0, 0.1) is 12.7 Å². The third-order valence-corrected chi connectivity index (χ3v) is 6.66. The van der Waals surface area contributed by atoms with Crippen LogP contribution in [0.15, 0.2) is 54.6 Å². The minimum absolute atomic E-state index is 0.0245. The largest absolute Gasteiger partial charge is 0.339 e. The highest BCUT2D eigenvalue weighted by Crippen LogP contribution is 2.29. The molecule has 4 rings (SSSR count). The van der Waals surface area contributed by atoms with Gasteiger partial charge in [-0.1, -0.05) is 12.1 Å². The summed E-state index contributed by atoms with van der Waals surface area (Å²) in [5.74, 6) is -0.517. The maximum Gasteiger partial charge on any atom is 0.265 e. The molecule has 0 bridgehead atoms. The predicted molar refractivity (Wildman–Crippen MR) is 129 cm³/mol. The van der Waals surface area contributed by atoms with E-state index in [1.807, 2.05) is 31.5 Å². The third kappa shape index (κ3) is 4.80. The molecule has 0 saturated carbocycles. The first-order valence-electron chi connectivity index (χ1n) is 10.8. The van der Waals surface area contributed by atoms with Gasteiger partial charge in [-0.05, 0) is 68.8 Å². The lowest BCUT2D eigenvalue weighted by atomic mass is 10.1. The van der Waals surface area contributed by atoms with Crippen LogP contribution < -0.4 is 5.32 Å². The second kappa shape index (κ2) is 9.54. The highest BCUT2D eigenvalue weighted by molar-refractivity contribution is 7.20. The Kier molecular flexibility index (Phi) is 6.55. The van der Waals surface area contributed by atoms with E-state index >= 15 is 0 Å². The number of aromatic nitrogens is 2. The molecule has 0 unspecified atom stereocenters. The quantitative estimate of drug-likeness (QED) is 0.402. The molecule has 170 valence electrons. The zero-order valence-electron chi connectivity index (χ0n) is 18.8. The molecule has 0 radical (unpaired) electrons. The molecular weight excluding hydrogens is 439 g/mol. The van der Waals surface area contributed by atoms with Gasteiger partial charge in [-0.25, -0.2) is 4.39 Å². The first-order valence-corrected chi connectivity index (χ1v) is 11.6. The van der Waals surface area contributed by atoms with Crippen LogP contribution >= 0.6 is 11.3 Å². The lowest BCUT2D eigenvalue weighted by Gasteiger charge is -2.18. The Balaban J connectivity index is 1.50. The van der Waals surface area contributed by atoms with E-state index in [9.17, 15) is 14.0 Å². The first kappa shape index (κ1) is 22.7. The summed E-state index contributed by atoms with van der Waals surface area (Å²) in [6.45, 7) is 7.59. The molecule has 0 aliphatic heterocycles. The molecular formula is C25H25FN4O2S.